The van der Waals surface area contributed by atoms with Crippen LogP contribution in [0.15, 0.2) is 191 Å². The maximum absolute atomic E-state index is 6.83. The van der Waals surface area contributed by atoms with Crippen molar-refractivity contribution >= 4 is 105 Å². The van der Waals surface area contributed by atoms with Crippen LogP contribution in [-0.4, -0.2) is 0 Å². The minimum Gasteiger partial charge on any atom is -0.454 e. The van der Waals surface area contributed by atoms with Gasteiger partial charge in [0.05, 0.1) is 22.7 Å². The first-order valence-electron chi connectivity index (χ1n) is 22.9. The van der Waals surface area contributed by atoms with Gasteiger partial charge in [0.1, 0.15) is 11.2 Å². The Hall–Kier alpha value is -7.56. The predicted molar refractivity (Wildman–Crippen MR) is 279 cm³/mol. The van der Waals surface area contributed by atoms with Crippen molar-refractivity contribution < 1.29 is 8.83 Å². The van der Waals surface area contributed by atoms with E-state index in [2.05, 4.69) is 210 Å². The molecular weight excluding hydrogens is 793 g/mol. The van der Waals surface area contributed by atoms with Gasteiger partial charge in [0.25, 0.3) is 0 Å². The molecule has 9 aromatic carbocycles. The van der Waals surface area contributed by atoms with E-state index in [1.54, 1.807) is 0 Å². The molecule has 0 saturated carbocycles. The summed E-state index contributed by atoms with van der Waals surface area (Å²) in [6, 6.07) is 52.9. The van der Waals surface area contributed by atoms with Crippen molar-refractivity contribution in [2.45, 2.75) is 60.3 Å². The molecule has 4 nitrogen and oxygen atoms in total. The molecule has 65 heavy (non-hydrogen) atoms. The molecule has 2 aromatic heterocycles. The molecule has 0 bridgehead atoms. The van der Waals surface area contributed by atoms with E-state index in [0.29, 0.717) is 0 Å². The number of hydrogen-bond donors (Lipinski definition) is 0. The van der Waals surface area contributed by atoms with Gasteiger partial charge in [0.15, 0.2) is 11.2 Å². The second kappa shape index (κ2) is 15.6. The number of aryl methyl sites for hydroxylation is 1. The van der Waals surface area contributed by atoms with Crippen molar-refractivity contribution in [1.82, 2.24) is 0 Å². The van der Waals surface area contributed by atoms with E-state index in [-0.39, 0.29) is 11.8 Å². The van der Waals surface area contributed by atoms with Crippen LogP contribution in [0.25, 0.3) is 76.2 Å². The summed E-state index contributed by atoms with van der Waals surface area (Å²) in [6.07, 6.45) is 6.22. The third kappa shape index (κ3) is 6.19. The molecule has 0 N–H and O–H groups in total. The number of anilines is 5. The normalized spacial score (nSPS) is 12.8. The van der Waals surface area contributed by atoms with Crippen LogP contribution in [0.1, 0.15) is 70.1 Å². The van der Waals surface area contributed by atoms with Gasteiger partial charge in [-0.2, -0.15) is 0 Å². The molecule has 4 heteroatoms. The molecule has 318 valence electrons. The fourth-order valence-electron chi connectivity index (χ4n) is 10.4. The Morgan fingerprint density at radius 2 is 0.985 bits per heavy atom. The molecule has 2 heterocycles. The standard InChI is InChI=1S/C61H52N2O2/c1-9-19-50(38(7)10-2)62(52-26-17-23-44-40-21-12-15-28-56(40)64-60(44)52)54-34-48(36(3)4)42-31-33-47-55(35-49(37(5)6)43-30-32-46(54)58(42)59(43)47)63(51-25-14-11-20-39(51)8)53-27-18-24-45-41-22-13-16-29-57(41)65-61(45)53/h9-37H,1H2,2-8H3/b38-10-,50-19+. The van der Waals surface area contributed by atoms with E-state index >= 15 is 0 Å². The van der Waals surface area contributed by atoms with Crippen LogP contribution in [0, 0.1) is 6.92 Å². The Morgan fingerprint density at radius 1 is 0.508 bits per heavy atom. The van der Waals surface area contributed by atoms with Crippen LogP contribution in [-0.2, 0) is 0 Å². The van der Waals surface area contributed by atoms with E-state index in [1.165, 1.54) is 49.0 Å². The summed E-state index contributed by atoms with van der Waals surface area (Å²) in [4.78, 5) is 4.88. The van der Waals surface area contributed by atoms with Crippen LogP contribution < -0.4 is 9.80 Å². The summed E-state index contributed by atoms with van der Waals surface area (Å²) in [5, 5.41) is 11.8. The number of hydrogen-bond acceptors (Lipinski definition) is 4. The average Bonchev–Trinajstić information content (AvgIpc) is 3.91. The molecule has 0 aliphatic rings. The van der Waals surface area contributed by atoms with Gasteiger partial charge in [0.2, 0.25) is 0 Å². The van der Waals surface area contributed by atoms with Crippen LogP contribution in [0.3, 0.4) is 0 Å². The lowest BCUT2D eigenvalue weighted by molar-refractivity contribution is 0.668. The van der Waals surface area contributed by atoms with E-state index in [9.17, 15) is 0 Å². The maximum Gasteiger partial charge on any atom is 0.159 e. The van der Waals surface area contributed by atoms with Crippen LogP contribution >= 0.6 is 0 Å². The van der Waals surface area contributed by atoms with Gasteiger partial charge in [0, 0.05) is 43.7 Å². The number of allylic oxidation sites excluding steroid dienone is 4. The summed E-state index contributed by atoms with van der Waals surface area (Å²) in [6.45, 7) is 20.0. The Balaban J connectivity index is 1.29. The summed E-state index contributed by atoms with van der Waals surface area (Å²) < 4.78 is 13.7. The molecule has 0 spiro atoms. The monoisotopic (exact) mass is 844 g/mol. The lowest BCUT2D eigenvalue weighted by Gasteiger charge is -2.33. The summed E-state index contributed by atoms with van der Waals surface area (Å²) in [7, 11) is 0. The molecule has 11 rings (SSSR count). The van der Waals surface area contributed by atoms with Crippen molar-refractivity contribution in [3.05, 3.63) is 198 Å². The average molecular weight is 845 g/mol. The SMILES string of the molecule is C=C/C=C(\C(C)=C/C)N(c1cc(C(C)C)c2ccc3c(N(c4ccccc4C)c4cccc5c4oc4ccccc45)cc(C(C)C)c4ccc1c2c43)c1cccc2c1oc1ccccc12. The fourth-order valence-corrected chi connectivity index (χ4v) is 10.4. The zero-order valence-corrected chi connectivity index (χ0v) is 38.2. The summed E-state index contributed by atoms with van der Waals surface area (Å²) in [5.41, 5.74) is 14.7. The zero-order valence-electron chi connectivity index (χ0n) is 38.2. The molecule has 0 aliphatic heterocycles. The third-order valence-corrected chi connectivity index (χ3v) is 13.6. The van der Waals surface area contributed by atoms with Gasteiger partial charge >= 0.3 is 0 Å². The third-order valence-electron chi connectivity index (χ3n) is 13.6. The van der Waals surface area contributed by atoms with Gasteiger partial charge < -0.3 is 18.6 Å². The van der Waals surface area contributed by atoms with Crippen molar-refractivity contribution in [2.75, 3.05) is 9.80 Å². The molecule has 0 radical (unpaired) electrons. The van der Waals surface area contributed by atoms with Crippen molar-refractivity contribution in [1.29, 1.82) is 0 Å². The molecule has 0 fully saturated rings. The van der Waals surface area contributed by atoms with Crippen molar-refractivity contribution in [3.8, 4) is 0 Å². The molecule has 0 atom stereocenters. The minimum atomic E-state index is 0.231. The van der Waals surface area contributed by atoms with Gasteiger partial charge in [-0.1, -0.05) is 150 Å². The maximum atomic E-state index is 6.83. The second-order valence-corrected chi connectivity index (χ2v) is 18.1. The second-order valence-electron chi connectivity index (χ2n) is 18.1. The van der Waals surface area contributed by atoms with Crippen LogP contribution in [0.2, 0.25) is 0 Å². The van der Waals surface area contributed by atoms with E-state index < -0.39 is 0 Å². The smallest absolute Gasteiger partial charge is 0.159 e. The number of nitrogens with zero attached hydrogens (tertiary/aromatic N) is 2. The number of benzene rings is 9. The Bertz CT molecular complexity index is 3740. The van der Waals surface area contributed by atoms with Crippen LogP contribution in [0.4, 0.5) is 28.4 Å². The highest BCUT2D eigenvalue weighted by molar-refractivity contribution is 6.30. The van der Waals surface area contributed by atoms with Crippen molar-refractivity contribution in [3.63, 3.8) is 0 Å². The molecule has 0 saturated heterocycles. The summed E-state index contributed by atoms with van der Waals surface area (Å²) >= 11 is 0. The number of fused-ring (bicyclic) bond motifs is 6. The van der Waals surface area contributed by atoms with E-state index in [1.807, 2.05) is 18.2 Å². The highest BCUT2D eigenvalue weighted by Crippen LogP contribution is 2.53. The minimum absolute atomic E-state index is 0.231. The van der Waals surface area contributed by atoms with Gasteiger partial charge in [-0.25, -0.2) is 0 Å². The van der Waals surface area contributed by atoms with Crippen LogP contribution in [0.5, 0.6) is 0 Å². The summed E-state index contributed by atoms with van der Waals surface area (Å²) in [5.74, 6) is 0.472. The first-order valence-corrected chi connectivity index (χ1v) is 22.9. The fraction of sp³-hybridized carbons (Fsp3) is 0.148. The van der Waals surface area contributed by atoms with E-state index in [0.717, 1.165) is 83.6 Å². The first-order chi connectivity index (χ1) is 31.7. The molecule has 0 amide bonds. The van der Waals surface area contributed by atoms with E-state index in [4.69, 9.17) is 8.83 Å². The predicted octanol–water partition coefficient (Wildman–Crippen LogP) is 18.6. The first kappa shape index (κ1) is 40.2. The lowest BCUT2D eigenvalue weighted by Crippen LogP contribution is -2.19. The Kier molecular flexibility index (Phi) is 9.66. The molecular formula is C61H52N2O2. The van der Waals surface area contributed by atoms with Gasteiger partial charge in [-0.05, 0) is 125 Å². The van der Waals surface area contributed by atoms with Gasteiger partial charge in [-0.15, -0.1) is 0 Å². The molecule has 0 aliphatic carbocycles. The highest BCUT2D eigenvalue weighted by Gasteiger charge is 2.29. The Morgan fingerprint density at radius 3 is 1.55 bits per heavy atom. The number of para-hydroxylation sites is 5. The topological polar surface area (TPSA) is 32.8 Å². The largest absolute Gasteiger partial charge is 0.454 e. The lowest BCUT2D eigenvalue weighted by atomic mass is 9.84. The molecule has 11 aromatic rings. The Labute approximate surface area is 380 Å². The van der Waals surface area contributed by atoms with Gasteiger partial charge in [-0.3, -0.25) is 0 Å². The number of furan rings is 2. The number of rotatable bonds is 10. The molecule has 0 unspecified atom stereocenters. The zero-order chi connectivity index (χ0) is 44.7. The quantitative estimate of drug-likeness (QED) is 0.101. The highest BCUT2D eigenvalue weighted by atomic mass is 16.3. The van der Waals surface area contributed by atoms with Crippen molar-refractivity contribution in [2.24, 2.45) is 0 Å².